The Bertz CT molecular complexity index is 510. The van der Waals surface area contributed by atoms with Gasteiger partial charge in [-0.05, 0) is 17.5 Å². The fourth-order valence-electron chi connectivity index (χ4n) is 2.51. The summed E-state index contributed by atoms with van der Waals surface area (Å²) in [6.07, 6.45) is 1.02. The first-order valence-corrected chi connectivity index (χ1v) is 7.33. The number of hydrogen-bond donors (Lipinski definition) is 2. The minimum atomic E-state index is 0.398. The summed E-state index contributed by atoms with van der Waals surface area (Å²) in [5.41, 5.74) is 2.70. The molecule has 0 saturated carbocycles. The SMILES string of the molecule is CN=C(NC)NCCC(c1ccccc1)c1ccccc1. The molecule has 0 atom stereocenters. The van der Waals surface area contributed by atoms with E-state index in [1.165, 1.54) is 11.1 Å². The van der Waals surface area contributed by atoms with Crippen molar-refractivity contribution in [3.8, 4) is 0 Å². The number of nitrogens with zero attached hydrogens (tertiary/aromatic N) is 1. The van der Waals surface area contributed by atoms with Crippen LogP contribution in [0.15, 0.2) is 65.7 Å². The first kappa shape index (κ1) is 15.1. The molecule has 0 aliphatic heterocycles. The number of nitrogens with one attached hydrogen (secondary N) is 2. The molecule has 0 saturated heterocycles. The Labute approximate surface area is 127 Å². The van der Waals surface area contributed by atoms with Crippen LogP contribution in [0.1, 0.15) is 23.5 Å². The maximum Gasteiger partial charge on any atom is 0.190 e. The zero-order valence-corrected chi connectivity index (χ0v) is 12.7. The van der Waals surface area contributed by atoms with E-state index in [1.54, 1.807) is 7.05 Å². The van der Waals surface area contributed by atoms with Crippen LogP contribution in [-0.2, 0) is 0 Å². The summed E-state index contributed by atoms with van der Waals surface area (Å²) in [4.78, 5) is 4.14. The zero-order valence-electron chi connectivity index (χ0n) is 12.7. The summed E-state index contributed by atoms with van der Waals surface area (Å²) in [6.45, 7) is 0.877. The van der Waals surface area contributed by atoms with Gasteiger partial charge in [-0.25, -0.2) is 0 Å². The molecule has 3 nitrogen and oxygen atoms in total. The van der Waals surface area contributed by atoms with Crippen LogP contribution in [0.4, 0.5) is 0 Å². The molecular weight excluding hydrogens is 258 g/mol. The quantitative estimate of drug-likeness (QED) is 0.653. The molecule has 0 amide bonds. The van der Waals surface area contributed by atoms with Gasteiger partial charge in [0.1, 0.15) is 0 Å². The molecule has 2 aromatic rings. The van der Waals surface area contributed by atoms with E-state index < -0.39 is 0 Å². The van der Waals surface area contributed by atoms with Gasteiger partial charge in [-0.1, -0.05) is 60.7 Å². The normalized spacial score (nSPS) is 11.5. The van der Waals surface area contributed by atoms with Crippen molar-refractivity contribution >= 4 is 5.96 Å². The molecule has 0 radical (unpaired) electrons. The van der Waals surface area contributed by atoms with Crippen LogP contribution in [0.2, 0.25) is 0 Å². The Kier molecular flexibility index (Phi) is 5.83. The number of benzene rings is 2. The predicted molar refractivity (Wildman–Crippen MR) is 89.8 cm³/mol. The molecule has 2 N–H and O–H groups in total. The molecule has 0 aliphatic carbocycles. The van der Waals surface area contributed by atoms with E-state index in [-0.39, 0.29) is 0 Å². The third-order valence-electron chi connectivity index (χ3n) is 3.59. The van der Waals surface area contributed by atoms with Gasteiger partial charge >= 0.3 is 0 Å². The van der Waals surface area contributed by atoms with Gasteiger partial charge in [0, 0.05) is 26.6 Å². The van der Waals surface area contributed by atoms with E-state index in [1.807, 2.05) is 7.05 Å². The molecule has 0 aromatic heterocycles. The molecule has 0 aliphatic rings. The molecule has 0 bridgehead atoms. The lowest BCUT2D eigenvalue weighted by Gasteiger charge is -2.19. The largest absolute Gasteiger partial charge is 0.359 e. The van der Waals surface area contributed by atoms with Crippen molar-refractivity contribution in [2.45, 2.75) is 12.3 Å². The van der Waals surface area contributed by atoms with Crippen LogP contribution >= 0.6 is 0 Å². The van der Waals surface area contributed by atoms with Crippen LogP contribution in [-0.4, -0.2) is 26.6 Å². The molecule has 3 heteroatoms. The standard InChI is InChI=1S/C18H23N3/c1-19-18(20-2)21-14-13-17(15-9-5-3-6-10-15)16-11-7-4-8-12-16/h3-12,17H,13-14H2,1-2H3,(H2,19,20,21). The second-order valence-electron chi connectivity index (χ2n) is 4.91. The number of rotatable bonds is 5. The number of guanidine groups is 1. The van der Waals surface area contributed by atoms with Crippen molar-refractivity contribution in [1.29, 1.82) is 0 Å². The Hall–Kier alpha value is -2.29. The van der Waals surface area contributed by atoms with Crippen molar-refractivity contribution in [3.05, 3.63) is 71.8 Å². The minimum absolute atomic E-state index is 0.398. The summed E-state index contributed by atoms with van der Waals surface area (Å²) in [7, 11) is 3.66. The highest BCUT2D eigenvalue weighted by Gasteiger charge is 2.13. The Balaban J connectivity index is 2.10. The lowest BCUT2D eigenvalue weighted by Crippen LogP contribution is -2.35. The zero-order chi connectivity index (χ0) is 14.9. The van der Waals surface area contributed by atoms with E-state index in [4.69, 9.17) is 0 Å². The monoisotopic (exact) mass is 281 g/mol. The maximum absolute atomic E-state index is 4.14. The van der Waals surface area contributed by atoms with Gasteiger partial charge < -0.3 is 10.6 Å². The average molecular weight is 281 g/mol. The van der Waals surface area contributed by atoms with Crippen molar-refractivity contribution < 1.29 is 0 Å². The average Bonchev–Trinajstić information content (AvgIpc) is 2.57. The van der Waals surface area contributed by atoms with E-state index in [9.17, 15) is 0 Å². The molecule has 21 heavy (non-hydrogen) atoms. The first-order valence-electron chi connectivity index (χ1n) is 7.33. The lowest BCUT2D eigenvalue weighted by atomic mass is 9.88. The molecule has 2 rings (SSSR count). The van der Waals surface area contributed by atoms with Gasteiger partial charge in [0.15, 0.2) is 5.96 Å². The van der Waals surface area contributed by atoms with Gasteiger partial charge in [-0.2, -0.15) is 0 Å². The summed E-state index contributed by atoms with van der Waals surface area (Å²) >= 11 is 0. The highest BCUT2D eigenvalue weighted by molar-refractivity contribution is 5.79. The minimum Gasteiger partial charge on any atom is -0.359 e. The van der Waals surface area contributed by atoms with E-state index in [2.05, 4.69) is 76.3 Å². The van der Waals surface area contributed by atoms with Gasteiger partial charge in [0.2, 0.25) is 0 Å². The smallest absolute Gasteiger partial charge is 0.190 e. The second kappa shape index (κ2) is 8.10. The third kappa shape index (κ3) is 4.35. The van der Waals surface area contributed by atoms with E-state index in [0.717, 1.165) is 18.9 Å². The highest BCUT2D eigenvalue weighted by atomic mass is 15.1. The Morgan fingerprint density at radius 1 is 0.952 bits per heavy atom. The van der Waals surface area contributed by atoms with Crippen LogP contribution in [0.5, 0.6) is 0 Å². The highest BCUT2D eigenvalue weighted by Crippen LogP contribution is 2.27. The molecule has 0 heterocycles. The van der Waals surface area contributed by atoms with Gasteiger partial charge in [-0.15, -0.1) is 0 Å². The van der Waals surface area contributed by atoms with Crippen LogP contribution in [0, 0.1) is 0 Å². The molecule has 0 spiro atoms. The maximum atomic E-state index is 4.14. The summed E-state index contributed by atoms with van der Waals surface area (Å²) in [5, 5.41) is 6.37. The molecular formula is C18H23N3. The second-order valence-corrected chi connectivity index (χ2v) is 4.91. The number of hydrogen-bond acceptors (Lipinski definition) is 1. The molecule has 2 aromatic carbocycles. The summed E-state index contributed by atoms with van der Waals surface area (Å²) in [5.74, 6) is 1.23. The van der Waals surface area contributed by atoms with Gasteiger partial charge in [-0.3, -0.25) is 4.99 Å². The van der Waals surface area contributed by atoms with Crippen molar-refractivity contribution in [3.63, 3.8) is 0 Å². The third-order valence-corrected chi connectivity index (χ3v) is 3.59. The van der Waals surface area contributed by atoms with E-state index in [0.29, 0.717) is 5.92 Å². The van der Waals surface area contributed by atoms with Gasteiger partial charge in [0.05, 0.1) is 0 Å². The Morgan fingerprint density at radius 2 is 1.48 bits per heavy atom. The summed E-state index contributed by atoms with van der Waals surface area (Å²) < 4.78 is 0. The molecule has 0 unspecified atom stereocenters. The topological polar surface area (TPSA) is 36.4 Å². The Morgan fingerprint density at radius 3 is 1.90 bits per heavy atom. The first-order chi connectivity index (χ1) is 10.3. The molecule has 0 fully saturated rings. The van der Waals surface area contributed by atoms with Crippen LogP contribution in [0.3, 0.4) is 0 Å². The van der Waals surface area contributed by atoms with Crippen molar-refractivity contribution in [2.75, 3.05) is 20.6 Å². The lowest BCUT2D eigenvalue weighted by molar-refractivity contribution is 0.684. The van der Waals surface area contributed by atoms with E-state index >= 15 is 0 Å². The predicted octanol–water partition coefficient (Wildman–Crippen LogP) is 3.00. The number of aliphatic imine (C=N–C) groups is 1. The summed E-state index contributed by atoms with van der Waals surface area (Å²) in [6, 6.07) is 21.3. The van der Waals surface area contributed by atoms with Crippen molar-refractivity contribution in [1.82, 2.24) is 10.6 Å². The van der Waals surface area contributed by atoms with Crippen molar-refractivity contribution in [2.24, 2.45) is 4.99 Å². The fourth-order valence-corrected chi connectivity index (χ4v) is 2.51. The van der Waals surface area contributed by atoms with Crippen LogP contribution < -0.4 is 10.6 Å². The van der Waals surface area contributed by atoms with Gasteiger partial charge in [0.25, 0.3) is 0 Å². The molecule has 110 valence electrons. The fraction of sp³-hybridized carbons (Fsp3) is 0.278. The van der Waals surface area contributed by atoms with Crippen LogP contribution in [0.25, 0.3) is 0 Å².